The number of alkyl halides is 6. The molecule has 0 radical (unpaired) electrons. The second kappa shape index (κ2) is 7.91. The van der Waals surface area contributed by atoms with Crippen LogP contribution in [0, 0.1) is 6.57 Å². The number of amides is 1. The Labute approximate surface area is 182 Å². The van der Waals surface area contributed by atoms with Crippen molar-refractivity contribution >= 4 is 11.6 Å². The molecule has 170 valence electrons. The monoisotopic (exact) mass is 465 g/mol. The number of nitrogens with zero attached hydrogens (tertiary/aromatic N) is 4. The van der Waals surface area contributed by atoms with Crippen molar-refractivity contribution in [3.8, 4) is 11.3 Å². The lowest BCUT2D eigenvalue weighted by Gasteiger charge is -2.14. The summed E-state index contributed by atoms with van der Waals surface area (Å²) in [6.07, 6.45) is -7.93. The van der Waals surface area contributed by atoms with Crippen LogP contribution in [0.5, 0.6) is 0 Å². The van der Waals surface area contributed by atoms with Gasteiger partial charge in [-0.15, -0.1) is 0 Å². The second-order valence-electron chi connectivity index (χ2n) is 7.30. The first-order chi connectivity index (χ1) is 15.5. The molecule has 6 nitrogen and oxygen atoms in total. The fraction of sp³-hybridized carbons (Fsp3) is 0.238. The molecule has 0 saturated carbocycles. The van der Waals surface area contributed by atoms with Crippen LogP contribution in [0.15, 0.2) is 42.6 Å². The predicted molar refractivity (Wildman–Crippen MR) is 103 cm³/mol. The van der Waals surface area contributed by atoms with E-state index in [0.717, 1.165) is 18.3 Å². The molecule has 1 amide bonds. The average molecular weight is 465 g/mol. The first kappa shape index (κ1) is 22.3. The van der Waals surface area contributed by atoms with Crippen molar-refractivity contribution in [2.75, 3.05) is 0 Å². The van der Waals surface area contributed by atoms with E-state index in [4.69, 9.17) is 6.57 Å². The number of aryl methyl sites for hydroxylation is 1. The number of hydrogen-bond acceptors (Lipinski definition) is 3. The van der Waals surface area contributed by atoms with Gasteiger partial charge in [-0.2, -0.15) is 31.4 Å². The highest BCUT2D eigenvalue weighted by Gasteiger charge is 2.34. The fourth-order valence-electron chi connectivity index (χ4n) is 3.53. The van der Waals surface area contributed by atoms with E-state index in [1.807, 2.05) is 0 Å². The van der Waals surface area contributed by atoms with Crippen molar-refractivity contribution < 1.29 is 31.1 Å². The van der Waals surface area contributed by atoms with E-state index in [-0.39, 0.29) is 22.5 Å². The van der Waals surface area contributed by atoms with E-state index in [1.54, 1.807) is 0 Å². The molecule has 1 aliphatic rings. The van der Waals surface area contributed by atoms with Crippen LogP contribution < -0.4 is 5.32 Å². The highest BCUT2D eigenvalue weighted by Crippen LogP contribution is 2.35. The number of hydrogen-bond donors (Lipinski definition) is 1. The topological polar surface area (TPSA) is 64.2 Å². The second-order valence-corrected chi connectivity index (χ2v) is 7.30. The number of rotatable bonds is 3. The summed E-state index contributed by atoms with van der Waals surface area (Å²) < 4.78 is 79.6. The molecule has 3 aromatic rings. The third kappa shape index (κ3) is 4.52. The third-order valence-corrected chi connectivity index (χ3v) is 5.09. The summed E-state index contributed by atoms with van der Waals surface area (Å²) in [5.41, 5.74) is -1.91. The molecule has 1 aliphatic heterocycles. The molecular weight excluding hydrogens is 452 g/mol. The molecule has 4 rings (SSSR count). The van der Waals surface area contributed by atoms with E-state index < -0.39 is 35.6 Å². The van der Waals surface area contributed by atoms with Gasteiger partial charge in [-0.05, 0) is 42.8 Å². The molecule has 1 atom stereocenters. The van der Waals surface area contributed by atoms with E-state index >= 15 is 0 Å². The molecule has 0 spiro atoms. The summed E-state index contributed by atoms with van der Waals surface area (Å²) >= 11 is 0. The summed E-state index contributed by atoms with van der Waals surface area (Å²) in [6.45, 7) is 7.34. The van der Waals surface area contributed by atoms with Crippen LogP contribution in [-0.4, -0.2) is 20.7 Å². The van der Waals surface area contributed by atoms with Gasteiger partial charge in [0.25, 0.3) is 5.91 Å². The van der Waals surface area contributed by atoms with E-state index in [9.17, 15) is 31.1 Å². The average Bonchev–Trinajstić information content (AvgIpc) is 3.34. The van der Waals surface area contributed by atoms with Crippen molar-refractivity contribution in [3.05, 3.63) is 76.5 Å². The predicted octanol–water partition coefficient (Wildman–Crippen LogP) is 5.41. The number of benzene rings is 1. The molecule has 1 N–H and O–H groups in total. The number of fused-ring (bicyclic) bond motifs is 1. The normalized spacial score (nSPS) is 15.7. The van der Waals surface area contributed by atoms with Crippen LogP contribution in [0.4, 0.5) is 32.0 Å². The Morgan fingerprint density at radius 3 is 2.52 bits per heavy atom. The largest absolute Gasteiger partial charge is 0.433 e. The Kier molecular flexibility index (Phi) is 5.35. The van der Waals surface area contributed by atoms with Crippen LogP contribution in [-0.2, 0) is 18.9 Å². The van der Waals surface area contributed by atoms with Gasteiger partial charge in [0.05, 0.1) is 24.0 Å². The molecule has 1 aromatic carbocycles. The number of carbonyl (C=O) groups is 1. The zero-order valence-electron chi connectivity index (χ0n) is 16.5. The summed E-state index contributed by atoms with van der Waals surface area (Å²) in [5, 5.41) is 6.89. The van der Waals surface area contributed by atoms with Crippen LogP contribution in [0.25, 0.3) is 16.1 Å². The Morgan fingerprint density at radius 2 is 1.85 bits per heavy atom. The molecule has 12 heteroatoms. The number of carbonyl (C=O) groups excluding carboxylic acids is 1. The van der Waals surface area contributed by atoms with Gasteiger partial charge in [-0.3, -0.25) is 14.5 Å². The third-order valence-electron chi connectivity index (χ3n) is 5.09. The van der Waals surface area contributed by atoms with Crippen LogP contribution >= 0.6 is 0 Å². The Hall–Kier alpha value is -3.88. The van der Waals surface area contributed by atoms with E-state index in [1.165, 1.54) is 16.8 Å². The SMILES string of the molecule is [C-]#[N+]c1cc(C(=O)N[C@H]2CCn3nc(-c4ccnc(C(F)(F)F)c4)cc32)cc(C(F)(F)F)c1. The van der Waals surface area contributed by atoms with Gasteiger partial charge in [0.1, 0.15) is 5.69 Å². The first-order valence-corrected chi connectivity index (χ1v) is 9.47. The molecule has 0 fully saturated rings. The maximum Gasteiger partial charge on any atom is 0.433 e. The molecule has 0 saturated heterocycles. The fourth-order valence-corrected chi connectivity index (χ4v) is 3.53. The van der Waals surface area contributed by atoms with E-state index in [2.05, 4.69) is 20.2 Å². The number of halogens is 6. The summed E-state index contributed by atoms with van der Waals surface area (Å²) in [5.74, 6) is -0.810. The highest BCUT2D eigenvalue weighted by molar-refractivity contribution is 5.95. The van der Waals surface area contributed by atoms with Crippen molar-refractivity contribution in [3.63, 3.8) is 0 Å². The lowest BCUT2D eigenvalue weighted by atomic mass is 10.1. The number of nitrogens with one attached hydrogen (secondary N) is 1. The van der Waals surface area contributed by atoms with Gasteiger partial charge < -0.3 is 5.32 Å². The van der Waals surface area contributed by atoms with Gasteiger partial charge in [0.15, 0.2) is 5.69 Å². The summed E-state index contributed by atoms with van der Waals surface area (Å²) in [4.78, 5) is 18.9. The van der Waals surface area contributed by atoms with Crippen LogP contribution in [0.3, 0.4) is 0 Å². The van der Waals surface area contributed by atoms with Gasteiger partial charge >= 0.3 is 12.4 Å². The summed E-state index contributed by atoms with van der Waals surface area (Å²) in [6, 6.07) is 5.51. The van der Waals surface area contributed by atoms with Crippen molar-refractivity contribution in [1.82, 2.24) is 20.1 Å². The Bertz CT molecular complexity index is 1270. The molecule has 2 aromatic heterocycles. The van der Waals surface area contributed by atoms with Crippen LogP contribution in [0.1, 0.15) is 39.8 Å². The zero-order chi connectivity index (χ0) is 24.0. The molecule has 0 unspecified atom stereocenters. The maximum absolute atomic E-state index is 13.1. The minimum absolute atomic E-state index is 0.184. The number of pyridine rings is 1. The smallest absolute Gasteiger partial charge is 0.344 e. The molecule has 0 bridgehead atoms. The highest BCUT2D eigenvalue weighted by atomic mass is 19.4. The van der Waals surface area contributed by atoms with Gasteiger partial charge in [0, 0.05) is 29.4 Å². The molecule has 0 aliphatic carbocycles. The summed E-state index contributed by atoms with van der Waals surface area (Å²) in [7, 11) is 0. The minimum Gasteiger partial charge on any atom is -0.344 e. The van der Waals surface area contributed by atoms with E-state index in [0.29, 0.717) is 30.8 Å². The number of aromatic nitrogens is 3. The minimum atomic E-state index is -4.73. The van der Waals surface area contributed by atoms with Crippen molar-refractivity contribution in [2.24, 2.45) is 0 Å². The zero-order valence-corrected chi connectivity index (χ0v) is 16.5. The van der Waals surface area contributed by atoms with Crippen LogP contribution in [0.2, 0.25) is 0 Å². The van der Waals surface area contributed by atoms with Gasteiger partial charge in [-0.1, -0.05) is 0 Å². The molecule has 3 heterocycles. The first-order valence-electron chi connectivity index (χ1n) is 9.47. The van der Waals surface area contributed by atoms with Gasteiger partial charge in [-0.25, -0.2) is 4.85 Å². The Morgan fingerprint density at radius 1 is 1.09 bits per heavy atom. The van der Waals surface area contributed by atoms with Gasteiger partial charge in [0.2, 0.25) is 0 Å². The Balaban J connectivity index is 1.59. The van der Waals surface area contributed by atoms with Crippen molar-refractivity contribution in [2.45, 2.75) is 31.4 Å². The molecular formula is C21H13F6N5O. The molecule has 33 heavy (non-hydrogen) atoms. The lowest BCUT2D eigenvalue weighted by molar-refractivity contribution is -0.141. The quantitative estimate of drug-likeness (QED) is 0.416. The maximum atomic E-state index is 13.1. The lowest BCUT2D eigenvalue weighted by Crippen LogP contribution is -2.27. The standard InChI is InChI=1S/C21H13F6N5O/c1-28-14-7-12(6-13(9-14)20(22,23)24)19(33)30-15-3-5-32-17(15)10-16(31-32)11-2-4-29-18(8-11)21(25,26)27/h2,4,6-10,15H,3,5H2,(H,30,33)/t15-/m0/s1. The van der Waals surface area contributed by atoms with Crippen molar-refractivity contribution in [1.29, 1.82) is 0 Å².